The van der Waals surface area contributed by atoms with E-state index in [2.05, 4.69) is 63.0 Å². The van der Waals surface area contributed by atoms with Crippen LogP contribution >= 0.6 is 0 Å². The van der Waals surface area contributed by atoms with Crippen LogP contribution in [-0.4, -0.2) is 76.9 Å². The van der Waals surface area contributed by atoms with E-state index in [4.69, 9.17) is 19.2 Å². The van der Waals surface area contributed by atoms with Crippen LogP contribution in [0.1, 0.15) is 72.6 Å². The van der Waals surface area contributed by atoms with Crippen LogP contribution < -0.4 is 9.64 Å². The lowest BCUT2D eigenvalue weighted by molar-refractivity contribution is 0.0512. The summed E-state index contributed by atoms with van der Waals surface area (Å²) in [5, 5.41) is 0.906. The number of ether oxygens (including phenoxy) is 3. The molecule has 6 rings (SSSR count). The van der Waals surface area contributed by atoms with Crippen molar-refractivity contribution in [2.45, 2.75) is 95.6 Å². The fourth-order valence-electron chi connectivity index (χ4n) is 8.23. The number of anilines is 1. The number of sulfone groups is 1. The molecule has 2 aromatic carbocycles. The Morgan fingerprint density at radius 3 is 2.44 bits per heavy atom. The Kier molecular flexibility index (Phi) is 10.9. The molecule has 0 amide bonds. The zero-order valence-electron chi connectivity index (χ0n) is 31.3. The molecule has 0 spiro atoms. The van der Waals surface area contributed by atoms with Gasteiger partial charge < -0.3 is 19.1 Å². The number of nitrogens with zero attached hydrogens (tertiary/aromatic N) is 4. The normalized spacial score (nSPS) is 16.6. The molecule has 4 heterocycles. The summed E-state index contributed by atoms with van der Waals surface area (Å²) in [7, 11) is -4.74. The Hall–Kier alpha value is -3.70. The summed E-state index contributed by atoms with van der Waals surface area (Å²) in [5.41, 5.74) is 5.26. The highest BCUT2D eigenvalue weighted by Gasteiger charge is 2.42. The average molecular weight is 751 g/mol. The summed E-state index contributed by atoms with van der Waals surface area (Å²) in [6.45, 7) is 16.1. The number of aryl methyl sites for hydroxylation is 1. The van der Waals surface area contributed by atoms with E-state index in [0.717, 1.165) is 0 Å². The van der Waals surface area contributed by atoms with E-state index in [9.17, 15) is 8.42 Å². The lowest BCUT2D eigenvalue weighted by atomic mass is 9.95. The molecule has 0 radical (unpaired) electrons. The maximum absolute atomic E-state index is 17.4. The third kappa shape index (κ3) is 6.67. The van der Waals surface area contributed by atoms with Crippen LogP contribution in [-0.2, 0) is 25.7 Å². The predicted molar refractivity (Wildman–Crippen MR) is 203 cm³/mol. The van der Waals surface area contributed by atoms with Crippen LogP contribution in [0.15, 0.2) is 29.4 Å². The molecule has 0 bridgehead atoms. The van der Waals surface area contributed by atoms with Crippen LogP contribution in [0.25, 0.3) is 32.9 Å². The summed E-state index contributed by atoms with van der Waals surface area (Å²) in [6.07, 6.45) is 1.76. The summed E-state index contributed by atoms with van der Waals surface area (Å²) in [5.74, 6) is 2.39. The number of rotatable bonds is 9. The van der Waals surface area contributed by atoms with Crippen molar-refractivity contribution >= 4 is 45.4 Å². The number of pyridine rings is 1. The number of methoxy groups -OCH3 is 1. The van der Waals surface area contributed by atoms with Crippen LogP contribution in [0.4, 0.5) is 14.6 Å². The molecule has 13 heteroatoms. The Morgan fingerprint density at radius 2 is 1.77 bits per heavy atom. The maximum atomic E-state index is 17.4. The first kappa shape index (κ1) is 38.0. The molecule has 2 aliphatic rings. The van der Waals surface area contributed by atoms with Crippen molar-refractivity contribution in [1.29, 1.82) is 0 Å². The van der Waals surface area contributed by atoms with Gasteiger partial charge in [-0.15, -0.1) is 5.54 Å². The van der Waals surface area contributed by atoms with Crippen molar-refractivity contribution < 1.29 is 31.4 Å². The van der Waals surface area contributed by atoms with Crippen molar-refractivity contribution in [3.63, 3.8) is 0 Å². The Balaban J connectivity index is 1.72. The fraction of sp³-hybridized carbons (Fsp3) is 0.513. The second-order valence-corrected chi connectivity index (χ2v) is 22.4. The molecule has 52 heavy (non-hydrogen) atoms. The summed E-state index contributed by atoms with van der Waals surface area (Å²) in [6, 6.07) is 6.26. The quantitative estimate of drug-likeness (QED) is 0.0729. The molecular weight excluding hydrogens is 703 g/mol. The molecule has 1 fully saturated rings. The zero-order chi connectivity index (χ0) is 37.5. The van der Waals surface area contributed by atoms with Gasteiger partial charge in [0.25, 0.3) is 0 Å². The van der Waals surface area contributed by atoms with Crippen LogP contribution in [0.3, 0.4) is 0 Å². The summed E-state index contributed by atoms with van der Waals surface area (Å²) in [4.78, 5) is 16.0. The fourth-order valence-corrected chi connectivity index (χ4v) is 14.1. The Labute approximate surface area is 306 Å². The van der Waals surface area contributed by atoms with E-state index in [0.29, 0.717) is 89.1 Å². The molecule has 0 unspecified atom stereocenters. The van der Waals surface area contributed by atoms with Gasteiger partial charge in [-0.25, -0.2) is 32.2 Å². The van der Waals surface area contributed by atoms with Gasteiger partial charge >= 0.3 is 0 Å². The average Bonchev–Trinajstić information content (AvgIpc) is 3.43. The lowest BCUT2D eigenvalue weighted by Gasteiger charge is -2.38. The van der Waals surface area contributed by atoms with Crippen LogP contribution in [0, 0.1) is 23.1 Å². The molecule has 278 valence electrons. The molecule has 0 aliphatic carbocycles. The Bertz CT molecular complexity index is 2160. The number of halogens is 2. The van der Waals surface area contributed by atoms with Gasteiger partial charge in [0.1, 0.15) is 36.7 Å². The third-order valence-corrected chi connectivity index (χ3v) is 18.6. The first-order valence-electron chi connectivity index (χ1n) is 18.1. The second-order valence-electron chi connectivity index (χ2n) is 14.7. The number of hydrogen-bond donors (Lipinski definition) is 0. The number of fused-ring (bicyclic) bond motifs is 3. The summed E-state index contributed by atoms with van der Waals surface area (Å²) >= 11 is 0. The minimum absolute atomic E-state index is 0.0723. The standard InChI is InChI=1S/C39H48F2N4O5SSi/c1-9-51(46,47)39-43-37-34-32(14-12-27-21-49-17-10-16-45(27)38(34)44-39)42-36(35(37)41)30-20-28(50-22-48-8)19-26-11-13-31(40)29(33(26)30)15-18-52(23(2)3,24(4)5)25(6)7/h11,13,19-20,23-25,27H,9-10,12,14,16-17,21-22H2,1-8H3/t27-/m0/s1. The summed E-state index contributed by atoms with van der Waals surface area (Å²) < 4.78 is 77.2. The van der Waals surface area contributed by atoms with Crippen molar-refractivity contribution in [3.8, 4) is 28.5 Å². The van der Waals surface area contributed by atoms with Gasteiger partial charge in [-0.05, 0) is 59.5 Å². The number of aromatic nitrogens is 3. The van der Waals surface area contributed by atoms with Crippen molar-refractivity contribution in [1.82, 2.24) is 15.0 Å². The van der Waals surface area contributed by atoms with Gasteiger partial charge in [0.15, 0.2) is 12.6 Å². The van der Waals surface area contributed by atoms with Crippen LogP contribution in [0.2, 0.25) is 16.6 Å². The largest absolute Gasteiger partial charge is 0.468 e. The SMILES string of the molecule is CCS(=O)(=O)c1nc2c3c(nc(-c4cc(OCOC)cc5ccc(F)c(C#C[Si](C(C)C)(C(C)C)C(C)C)c45)c(F)c3n1)CC[C@H]1COCCCN21. The highest BCUT2D eigenvalue weighted by Crippen LogP contribution is 2.43. The third-order valence-electron chi connectivity index (χ3n) is 10.8. The minimum atomic E-state index is -3.94. The van der Waals surface area contributed by atoms with E-state index >= 15 is 8.78 Å². The topological polar surface area (TPSA) is 104 Å². The molecule has 9 nitrogen and oxygen atoms in total. The second kappa shape index (κ2) is 15.0. The molecule has 4 aromatic rings. The predicted octanol–water partition coefficient (Wildman–Crippen LogP) is 8.01. The van der Waals surface area contributed by atoms with Gasteiger partial charge in [0.2, 0.25) is 15.0 Å². The van der Waals surface area contributed by atoms with Crippen molar-refractivity contribution in [3.05, 3.63) is 47.2 Å². The number of benzene rings is 2. The van der Waals surface area contributed by atoms with Gasteiger partial charge in [0, 0.05) is 31.2 Å². The van der Waals surface area contributed by atoms with Gasteiger partial charge in [-0.2, -0.15) is 0 Å². The lowest BCUT2D eigenvalue weighted by Crippen LogP contribution is -2.43. The molecular formula is C39H48F2N4O5SSi. The first-order chi connectivity index (χ1) is 24.7. The van der Waals surface area contributed by atoms with Crippen LogP contribution in [0.5, 0.6) is 5.75 Å². The first-order valence-corrected chi connectivity index (χ1v) is 22.0. The molecule has 0 N–H and O–H groups in total. The molecule has 0 saturated carbocycles. The maximum Gasteiger partial charge on any atom is 0.249 e. The van der Waals surface area contributed by atoms with Gasteiger partial charge in [-0.1, -0.05) is 60.5 Å². The highest BCUT2D eigenvalue weighted by atomic mass is 32.2. The Morgan fingerprint density at radius 1 is 1.04 bits per heavy atom. The van der Waals surface area contributed by atoms with Gasteiger partial charge in [-0.3, -0.25) is 0 Å². The minimum Gasteiger partial charge on any atom is -0.468 e. The smallest absolute Gasteiger partial charge is 0.249 e. The van der Waals surface area contributed by atoms with Crippen molar-refractivity contribution in [2.24, 2.45) is 0 Å². The van der Waals surface area contributed by atoms with Crippen molar-refractivity contribution in [2.75, 3.05) is 44.3 Å². The van der Waals surface area contributed by atoms with E-state index in [1.165, 1.54) is 20.1 Å². The molecule has 1 saturated heterocycles. The number of hydrogen-bond acceptors (Lipinski definition) is 9. The highest BCUT2D eigenvalue weighted by molar-refractivity contribution is 7.91. The van der Waals surface area contributed by atoms with E-state index in [1.54, 1.807) is 18.2 Å². The zero-order valence-corrected chi connectivity index (χ0v) is 33.1. The molecule has 2 aromatic heterocycles. The molecule has 1 atom stereocenters. The van der Waals surface area contributed by atoms with E-state index < -0.39 is 34.7 Å². The molecule has 2 aliphatic heterocycles. The van der Waals surface area contributed by atoms with E-state index in [-0.39, 0.29) is 40.9 Å². The van der Waals surface area contributed by atoms with E-state index in [1.807, 2.05) is 4.90 Å². The monoisotopic (exact) mass is 750 g/mol. The van der Waals surface area contributed by atoms with Gasteiger partial charge in [0.05, 0.1) is 35.0 Å².